The lowest BCUT2D eigenvalue weighted by Crippen LogP contribution is -2.55. The maximum Gasteiger partial charge on any atom is 0.157 e. The first-order chi connectivity index (χ1) is 9.08. The number of nitrogens with zero attached hydrogens (tertiary/aromatic N) is 1. The number of nitrogens with one attached hydrogen (secondary N) is 1. The third-order valence-corrected chi connectivity index (χ3v) is 3.79. The van der Waals surface area contributed by atoms with Crippen molar-refractivity contribution in [2.45, 2.75) is 18.1 Å². The quantitative estimate of drug-likeness (QED) is 0.522. The first kappa shape index (κ1) is 13.7. The molecule has 0 aliphatic carbocycles. The zero-order chi connectivity index (χ0) is 14.0. The maximum absolute atomic E-state index is 11.2. The van der Waals surface area contributed by atoms with Gasteiger partial charge < -0.3 is 5.32 Å². The Hall–Kier alpha value is -1.76. The molecule has 2 unspecified atom stereocenters. The summed E-state index contributed by atoms with van der Waals surface area (Å²) in [6.07, 6.45) is 8.44. The molecule has 1 aliphatic rings. The molecule has 1 aromatic rings. The smallest absolute Gasteiger partial charge is 0.157 e. The zero-order valence-electron chi connectivity index (χ0n) is 10.7. The summed E-state index contributed by atoms with van der Waals surface area (Å²) in [6, 6.07) is 5.46. The molecule has 1 N–H and O–H groups in total. The monoisotopic (exact) mass is 274 g/mol. The van der Waals surface area contributed by atoms with E-state index in [0.717, 1.165) is 17.5 Å². The van der Waals surface area contributed by atoms with E-state index in [-0.39, 0.29) is 0 Å². The largest absolute Gasteiger partial charge is 0.363 e. The van der Waals surface area contributed by atoms with Gasteiger partial charge in [-0.05, 0) is 31.7 Å². The Kier molecular flexibility index (Phi) is 3.66. The van der Waals surface area contributed by atoms with Crippen LogP contribution in [0.25, 0.3) is 0 Å². The van der Waals surface area contributed by atoms with Crippen molar-refractivity contribution >= 4 is 23.6 Å². The number of benzene rings is 1. The normalized spacial score (nSPS) is 25.8. The summed E-state index contributed by atoms with van der Waals surface area (Å²) in [5.41, 5.74) is 1.01. The molecule has 4 heteroatoms. The van der Waals surface area contributed by atoms with Gasteiger partial charge in [0.15, 0.2) is 6.29 Å². The van der Waals surface area contributed by atoms with E-state index < -0.39 is 11.7 Å². The minimum absolute atomic E-state index is 0.468. The topological polar surface area (TPSA) is 32.3 Å². The van der Waals surface area contributed by atoms with Gasteiger partial charge in [0.05, 0.1) is 0 Å². The number of anilines is 1. The summed E-state index contributed by atoms with van der Waals surface area (Å²) >= 11 is 6.07. The summed E-state index contributed by atoms with van der Waals surface area (Å²) in [5, 5.41) is 3.75. The van der Waals surface area contributed by atoms with Crippen LogP contribution in [0.5, 0.6) is 0 Å². The highest BCUT2D eigenvalue weighted by molar-refractivity contribution is 6.30. The summed E-state index contributed by atoms with van der Waals surface area (Å²) in [4.78, 5) is 13.1. The lowest BCUT2D eigenvalue weighted by Gasteiger charge is -2.46. The Morgan fingerprint density at radius 3 is 3.00 bits per heavy atom. The Labute approximate surface area is 118 Å². The van der Waals surface area contributed by atoms with Crippen LogP contribution < -0.4 is 5.32 Å². The summed E-state index contributed by atoms with van der Waals surface area (Å²) < 4.78 is 0. The van der Waals surface area contributed by atoms with E-state index in [0.29, 0.717) is 11.4 Å². The van der Waals surface area contributed by atoms with Crippen LogP contribution in [-0.2, 0) is 10.3 Å². The maximum atomic E-state index is 11.2. The first-order valence-electron chi connectivity index (χ1n) is 5.92. The average molecular weight is 275 g/mol. The van der Waals surface area contributed by atoms with Gasteiger partial charge in [-0.15, -0.1) is 13.0 Å². The molecule has 0 bridgehead atoms. The minimum atomic E-state index is -0.710. The van der Waals surface area contributed by atoms with Crippen LogP contribution in [0.4, 0.5) is 5.69 Å². The van der Waals surface area contributed by atoms with Crippen LogP contribution in [0.15, 0.2) is 30.9 Å². The number of halogens is 1. The third-order valence-electron chi connectivity index (χ3n) is 3.56. The fourth-order valence-corrected chi connectivity index (χ4v) is 2.67. The molecule has 1 aliphatic heterocycles. The number of hydrogen-bond donors (Lipinski definition) is 1. The van der Waals surface area contributed by atoms with Crippen molar-refractivity contribution in [3.63, 3.8) is 0 Å². The standard InChI is InChI=1S/C15H15ClN2O/c1-4-8-15(5-2)12-9-11(16)6-7-13(12)17-14(10-19)18(15)3/h2,4,6-7,9-10,14,17H,1,8H2,3H3. The fourth-order valence-electron chi connectivity index (χ4n) is 2.49. The summed E-state index contributed by atoms with van der Waals surface area (Å²) in [6.45, 7) is 3.76. The zero-order valence-corrected chi connectivity index (χ0v) is 11.4. The number of terminal acetylenes is 1. The second-order valence-corrected chi connectivity index (χ2v) is 4.96. The fraction of sp³-hybridized carbons (Fsp3) is 0.267. The first-order valence-corrected chi connectivity index (χ1v) is 6.30. The molecule has 0 fully saturated rings. The van der Waals surface area contributed by atoms with Crippen LogP contribution >= 0.6 is 11.6 Å². The molecule has 2 atom stereocenters. The molecule has 3 nitrogen and oxygen atoms in total. The number of carbonyl (C=O) groups excluding carboxylic acids is 1. The number of rotatable bonds is 3. The van der Waals surface area contributed by atoms with Gasteiger partial charge in [-0.1, -0.05) is 23.6 Å². The van der Waals surface area contributed by atoms with Crippen LogP contribution in [-0.4, -0.2) is 24.4 Å². The number of likely N-dealkylation sites (N-methyl/N-ethyl adjacent to an activating group) is 1. The van der Waals surface area contributed by atoms with Crippen molar-refractivity contribution in [3.8, 4) is 12.3 Å². The van der Waals surface area contributed by atoms with E-state index in [1.165, 1.54) is 0 Å². The molecule has 98 valence electrons. The molecule has 0 amide bonds. The van der Waals surface area contributed by atoms with Crippen molar-refractivity contribution in [1.29, 1.82) is 0 Å². The van der Waals surface area contributed by atoms with Gasteiger partial charge in [0.2, 0.25) is 0 Å². The van der Waals surface area contributed by atoms with E-state index >= 15 is 0 Å². The van der Waals surface area contributed by atoms with Crippen LogP contribution in [0.1, 0.15) is 12.0 Å². The van der Waals surface area contributed by atoms with Gasteiger partial charge in [-0.2, -0.15) is 0 Å². The van der Waals surface area contributed by atoms with Crippen molar-refractivity contribution in [2.75, 3.05) is 12.4 Å². The second kappa shape index (κ2) is 5.08. The van der Waals surface area contributed by atoms with Crippen LogP contribution in [0.2, 0.25) is 5.02 Å². The van der Waals surface area contributed by atoms with E-state index in [2.05, 4.69) is 17.8 Å². The molecule has 1 aromatic carbocycles. The van der Waals surface area contributed by atoms with Gasteiger partial charge in [0.1, 0.15) is 11.7 Å². The van der Waals surface area contributed by atoms with E-state index in [4.69, 9.17) is 18.0 Å². The molecule has 2 rings (SSSR count). The molecule has 0 saturated carbocycles. The Morgan fingerprint density at radius 1 is 1.68 bits per heavy atom. The molecule has 19 heavy (non-hydrogen) atoms. The predicted octanol–water partition coefficient (Wildman–Crippen LogP) is 2.63. The molecule has 1 heterocycles. The highest BCUT2D eigenvalue weighted by atomic mass is 35.5. The predicted molar refractivity (Wildman–Crippen MR) is 78.0 cm³/mol. The van der Waals surface area contributed by atoms with E-state index in [9.17, 15) is 4.79 Å². The molecular formula is C15H15ClN2O. The van der Waals surface area contributed by atoms with Crippen LogP contribution in [0.3, 0.4) is 0 Å². The SMILES string of the molecule is C#CC1(CC=C)c2cc(Cl)ccc2NC(C=O)N1C. The van der Waals surface area contributed by atoms with Crippen molar-refractivity contribution in [2.24, 2.45) is 0 Å². The molecule has 0 aromatic heterocycles. The van der Waals surface area contributed by atoms with E-state index in [1.807, 2.05) is 24.1 Å². The van der Waals surface area contributed by atoms with Crippen molar-refractivity contribution < 1.29 is 4.79 Å². The van der Waals surface area contributed by atoms with Gasteiger partial charge in [-0.25, -0.2) is 0 Å². The Morgan fingerprint density at radius 2 is 2.42 bits per heavy atom. The molecular weight excluding hydrogens is 260 g/mol. The van der Waals surface area contributed by atoms with Crippen molar-refractivity contribution in [3.05, 3.63) is 41.4 Å². The molecule has 0 saturated heterocycles. The lowest BCUT2D eigenvalue weighted by atomic mass is 9.82. The number of aldehydes is 1. The second-order valence-electron chi connectivity index (χ2n) is 4.52. The highest BCUT2D eigenvalue weighted by Crippen LogP contribution is 2.41. The summed E-state index contributed by atoms with van der Waals surface area (Å²) in [7, 11) is 1.82. The van der Waals surface area contributed by atoms with E-state index in [1.54, 1.807) is 12.1 Å². The number of hydrogen-bond acceptors (Lipinski definition) is 3. The average Bonchev–Trinajstić information content (AvgIpc) is 2.42. The Balaban J connectivity index is 2.68. The lowest BCUT2D eigenvalue weighted by molar-refractivity contribution is -0.112. The minimum Gasteiger partial charge on any atom is -0.363 e. The molecule has 0 radical (unpaired) electrons. The van der Waals surface area contributed by atoms with Gasteiger partial charge in [0, 0.05) is 16.3 Å². The third kappa shape index (κ3) is 2.03. The van der Waals surface area contributed by atoms with Crippen LogP contribution in [0, 0.1) is 12.3 Å². The number of carbonyl (C=O) groups is 1. The number of fused-ring (bicyclic) bond motifs is 1. The molecule has 0 spiro atoms. The Bertz CT molecular complexity index is 564. The van der Waals surface area contributed by atoms with Gasteiger partial charge in [0.25, 0.3) is 0 Å². The van der Waals surface area contributed by atoms with Gasteiger partial charge in [-0.3, -0.25) is 9.69 Å². The van der Waals surface area contributed by atoms with Crippen molar-refractivity contribution in [1.82, 2.24) is 4.90 Å². The summed E-state index contributed by atoms with van der Waals surface area (Å²) in [5.74, 6) is 2.81. The highest BCUT2D eigenvalue weighted by Gasteiger charge is 2.43. The van der Waals surface area contributed by atoms with Gasteiger partial charge >= 0.3 is 0 Å².